The Morgan fingerprint density at radius 3 is 2.32 bits per heavy atom. The van der Waals surface area contributed by atoms with E-state index in [4.69, 9.17) is 4.74 Å². The highest BCUT2D eigenvalue weighted by molar-refractivity contribution is 7.92. The topological polar surface area (TPSA) is 92.8 Å². The molecule has 150 valence electrons. The Kier molecular flexibility index (Phi) is 7.17. The van der Waals surface area contributed by atoms with Gasteiger partial charge in [-0.1, -0.05) is 31.2 Å². The van der Waals surface area contributed by atoms with E-state index in [2.05, 4.69) is 5.32 Å². The molecule has 0 fully saturated rings. The van der Waals surface area contributed by atoms with Crippen LogP contribution in [0.4, 0.5) is 11.4 Å². The predicted octanol–water partition coefficient (Wildman–Crippen LogP) is 3.05. The zero-order valence-corrected chi connectivity index (χ0v) is 16.9. The maximum atomic E-state index is 12.9. The lowest BCUT2D eigenvalue weighted by molar-refractivity contribution is -0.117. The minimum absolute atomic E-state index is 0.244. The monoisotopic (exact) mass is 404 g/mol. The summed E-state index contributed by atoms with van der Waals surface area (Å²) in [5.74, 6) is -0.981. The highest BCUT2D eigenvalue weighted by atomic mass is 32.2. The van der Waals surface area contributed by atoms with Gasteiger partial charge in [-0.2, -0.15) is 0 Å². The van der Waals surface area contributed by atoms with Crippen LogP contribution in [0.15, 0.2) is 54.6 Å². The SMILES string of the molecule is CCOC(=O)c1cccc(NC(=O)[C@H](CC)N(c2ccccc2)S(C)(=O)=O)c1. The molecule has 0 unspecified atom stereocenters. The first-order valence-corrected chi connectivity index (χ1v) is 10.7. The van der Waals surface area contributed by atoms with Gasteiger partial charge >= 0.3 is 5.97 Å². The molecule has 0 aliphatic heterocycles. The van der Waals surface area contributed by atoms with E-state index in [1.807, 2.05) is 0 Å². The molecule has 0 spiro atoms. The third-order valence-corrected chi connectivity index (χ3v) is 5.16. The van der Waals surface area contributed by atoms with E-state index >= 15 is 0 Å². The minimum Gasteiger partial charge on any atom is -0.462 e. The highest BCUT2D eigenvalue weighted by Gasteiger charge is 2.31. The second-order valence-corrected chi connectivity index (χ2v) is 7.97. The summed E-state index contributed by atoms with van der Waals surface area (Å²) >= 11 is 0. The minimum atomic E-state index is -3.70. The van der Waals surface area contributed by atoms with Crippen LogP contribution in [0.25, 0.3) is 0 Å². The molecule has 0 aromatic heterocycles. The fourth-order valence-corrected chi connectivity index (χ4v) is 4.01. The number of rotatable bonds is 8. The second kappa shape index (κ2) is 9.36. The molecule has 8 heteroatoms. The molecule has 0 aliphatic carbocycles. The smallest absolute Gasteiger partial charge is 0.338 e. The summed E-state index contributed by atoms with van der Waals surface area (Å²) in [5, 5.41) is 2.70. The number of carbonyl (C=O) groups is 2. The van der Waals surface area contributed by atoms with Crippen molar-refractivity contribution in [3.8, 4) is 0 Å². The van der Waals surface area contributed by atoms with Crippen molar-refractivity contribution in [2.24, 2.45) is 0 Å². The van der Waals surface area contributed by atoms with Crippen LogP contribution in [0.2, 0.25) is 0 Å². The molecular weight excluding hydrogens is 380 g/mol. The molecule has 0 radical (unpaired) electrons. The van der Waals surface area contributed by atoms with Gasteiger partial charge in [-0.05, 0) is 43.7 Å². The lowest BCUT2D eigenvalue weighted by Gasteiger charge is -2.30. The Balaban J connectivity index is 2.30. The van der Waals surface area contributed by atoms with Crippen LogP contribution in [0.5, 0.6) is 0 Å². The van der Waals surface area contributed by atoms with Crippen LogP contribution in [-0.4, -0.2) is 39.2 Å². The summed E-state index contributed by atoms with van der Waals surface area (Å²) < 4.78 is 30.8. The molecule has 2 aromatic rings. The normalized spacial score (nSPS) is 12.1. The standard InChI is InChI=1S/C20H24N2O5S/c1-4-18(22(28(3,25)26)17-12-7-6-8-13-17)19(23)21-16-11-9-10-15(14-16)20(24)27-5-2/h6-14,18H,4-5H2,1-3H3,(H,21,23)/t18-/m0/s1. The van der Waals surface area contributed by atoms with Crippen LogP contribution in [0.1, 0.15) is 30.6 Å². The number of anilines is 2. The quantitative estimate of drug-likeness (QED) is 0.683. The van der Waals surface area contributed by atoms with E-state index in [1.165, 1.54) is 6.07 Å². The molecule has 0 aliphatic rings. The van der Waals surface area contributed by atoms with Crippen molar-refractivity contribution in [1.29, 1.82) is 0 Å². The molecule has 7 nitrogen and oxygen atoms in total. The van der Waals surface area contributed by atoms with Gasteiger partial charge in [0.05, 0.1) is 24.1 Å². The Morgan fingerprint density at radius 1 is 1.07 bits per heavy atom. The zero-order chi connectivity index (χ0) is 20.7. The van der Waals surface area contributed by atoms with Crippen LogP contribution in [0.3, 0.4) is 0 Å². The predicted molar refractivity (Wildman–Crippen MR) is 109 cm³/mol. The van der Waals surface area contributed by atoms with Gasteiger partial charge in [0.25, 0.3) is 0 Å². The van der Waals surface area contributed by atoms with Crippen LogP contribution in [0, 0.1) is 0 Å². The summed E-state index contributed by atoms with van der Waals surface area (Å²) in [6.07, 6.45) is 1.34. The number of nitrogens with one attached hydrogen (secondary N) is 1. The number of nitrogens with zero attached hydrogens (tertiary/aromatic N) is 1. The summed E-state index contributed by atoms with van der Waals surface area (Å²) in [7, 11) is -3.70. The van der Waals surface area contributed by atoms with Gasteiger partial charge in [0.1, 0.15) is 6.04 Å². The van der Waals surface area contributed by atoms with Crippen molar-refractivity contribution in [3.05, 3.63) is 60.2 Å². The Morgan fingerprint density at radius 2 is 1.75 bits per heavy atom. The van der Waals surface area contributed by atoms with Gasteiger partial charge in [-0.3, -0.25) is 9.10 Å². The van der Waals surface area contributed by atoms with Gasteiger partial charge in [0.2, 0.25) is 15.9 Å². The summed E-state index contributed by atoms with van der Waals surface area (Å²) in [4.78, 5) is 24.8. The van der Waals surface area contributed by atoms with Crippen LogP contribution in [-0.2, 0) is 19.6 Å². The molecule has 0 saturated heterocycles. The number of para-hydroxylation sites is 1. The van der Waals surface area contributed by atoms with E-state index in [0.29, 0.717) is 16.9 Å². The number of sulfonamides is 1. The molecule has 2 rings (SSSR count). The molecule has 1 atom stereocenters. The molecule has 28 heavy (non-hydrogen) atoms. The largest absolute Gasteiger partial charge is 0.462 e. The molecule has 2 aromatic carbocycles. The first kappa shape index (κ1) is 21.4. The molecule has 0 bridgehead atoms. The van der Waals surface area contributed by atoms with Crippen molar-refractivity contribution in [1.82, 2.24) is 0 Å². The van der Waals surface area contributed by atoms with E-state index < -0.39 is 27.9 Å². The van der Waals surface area contributed by atoms with E-state index in [1.54, 1.807) is 62.4 Å². The Bertz CT molecular complexity index is 929. The number of esters is 1. The van der Waals surface area contributed by atoms with Crippen molar-refractivity contribution >= 4 is 33.3 Å². The van der Waals surface area contributed by atoms with Crippen LogP contribution < -0.4 is 9.62 Å². The fraction of sp³-hybridized carbons (Fsp3) is 0.300. The zero-order valence-electron chi connectivity index (χ0n) is 16.1. The van der Waals surface area contributed by atoms with Crippen LogP contribution >= 0.6 is 0 Å². The second-order valence-electron chi connectivity index (χ2n) is 6.11. The molecule has 1 amide bonds. The van der Waals surface area contributed by atoms with Crippen molar-refractivity contribution in [2.45, 2.75) is 26.3 Å². The number of hydrogen-bond acceptors (Lipinski definition) is 5. The molecule has 1 N–H and O–H groups in total. The van der Waals surface area contributed by atoms with E-state index in [-0.39, 0.29) is 13.0 Å². The first-order chi connectivity index (χ1) is 13.3. The molecule has 0 heterocycles. The van der Waals surface area contributed by atoms with Crippen molar-refractivity contribution < 1.29 is 22.7 Å². The van der Waals surface area contributed by atoms with Gasteiger partial charge in [-0.15, -0.1) is 0 Å². The van der Waals surface area contributed by atoms with Gasteiger partial charge in [-0.25, -0.2) is 13.2 Å². The average molecular weight is 404 g/mol. The van der Waals surface area contributed by atoms with Crippen molar-refractivity contribution in [3.63, 3.8) is 0 Å². The lowest BCUT2D eigenvalue weighted by atomic mass is 10.1. The fourth-order valence-electron chi connectivity index (χ4n) is 2.80. The number of benzene rings is 2. The lowest BCUT2D eigenvalue weighted by Crippen LogP contribution is -2.47. The average Bonchev–Trinajstić information content (AvgIpc) is 2.66. The summed E-state index contributed by atoms with van der Waals surface area (Å²) in [5.41, 5.74) is 1.10. The number of hydrogen-bond donors (Lipinski definition) is 1. The first-order valence-electron chi connectivity index (χ1n) is 8.90. The van der Waals surface area contributed by atoms with Crippen molar-refractivity contribution in [2.75, 3.05) is 22.5 Å². The number of ether oxygens (including phenoxy) is 1. The maximum absolute atomic E-state index is 12.9. The van der Waals surface area contributed by atoms with E-state index in [9.17, 15) is 18.0 Å². The van der Waals surface area contributed by atoms with Gasteiger partial charge in [0.15, 0.2) is 0 Å². The van der Waals surface area contributed by atoms with Gasteiger partial charge in [0, 0.05) is 5.69 Å². The number of amides is 1. The summed E-state index contributed by atoms with van der Waals surface area (Å²) in [6.45, 7) is 3.69. The third kappa shape index (κ3) is 5.32. The molecular formula is C20H24N2O5S. The number of carbonyl (C=O) groups excluding carboxylic acids is 2. The summed E-state index contributed by atoms with van der Waals surface area (Å²) in [6, 6.07) is 13.8. The maximum Gasteiger partial charge on any atom is 0.338 e. The molecule has 0 saturated carbocycles. The Hall–Kier alpha value is -2.87. The Labute approximate surface area is 165 Å². The van der Waals surface area contributed by atoms with E-state index in [0.717, 1.165) is 10.6 Å². The third-order valence-electron chi connectivity index (χ3n) is 3.98. The highest BCUT2D eigenvalue weighted by Crippen LogP contribution is 2.23. The van der Waals surface area contributed by atoms with Gasteiger partial charge < -0.3 is 10.1 Å².